The van der Waals surface area contributed by atoms with Crippen molar-refractivity contribution in [3.8, 4) is 11.5 Å². The molecule has 3 aliphatic rings. The van der Waals surface area contributed by atoms with E-state index >= 15 is 0 Å². The third kappa shape index (κ3) is 5.08. The van der Waals surface area contributed by atoms with Crippen LogP contribution >= 0.6 is 0 Å². The van der Waals surface area contributed by atoms with Crippen molar-refractivity contribution in [2.75, 3.05) is 52.6 Å². The summed E-state index contributed by atoms with van der Waals surface area (Å²) in [5.74, 6) is -0.406. The van der Waals surface area contributed by atoms with Crippen LogP contribution in [0.3, 0.4) is 0 Å². The summed E-state index contributed by atoms with van der Waals surface area (Å²) in [4.78, 5) is 30.5. The maximum atomic E-state index is 13.4. The number of carbonyl (C=O) groups excluding carboxylic acids is 2. The van der Waals surface area contributed by atoms with Gasteiger partial charge in [-0.25, -0.2) is 0 Å². The van der Waals surface area contributed by atoms with E-state index in [0.29, 0.717) is 56.6 Å². The van der Waals surface area contributed by atoms with Crippen molar-refractivity contribution in [2.24, 2.45) is 0 Å². The molecule has 2 aromatic rings. The van der Waals surface area contributed by atoms with Crippen molar-refractivity contribution < 1.29 is 28.9 Å². The number of ketones is 1. The number of Topliss-reactive ketones (excluding diaryl/α,β-unsaturated/α-hetero) is 1. The summed E-state index contributed by atoms with van der Waals surface area (Å²) in [6, 6.07) is 12.3. The number of likely N-dealkylation sites (tertiary alicyclic amines) is 1. The molecular formula is C29H34N2O6. The van der Waals surface area contributed by atoms with Crippen molar-refractivity contribution >= 4 is 17.4 Å². The molecule has 0 saturated carbocycles. The second-order valence-electron chi connectivity index (χ2n) is 10.7. The van der Waals surface area contributed by atoms with E-state index in [4.69, 9.17) is 14.2 Å². The highest BCUT2D eigenvalue weighted by Gasteiger charge is 2.46. The molecule has 0 unspecified atom stereocenters. The van der Waals surface area contributed by atoms with Gasteiger partial charge in [-0.2, -0.15) is 0 Å². The molecule has 0 aromatic heterocycles. The molecule has 2 saturated heterocycles. The summed E-state index contributed by atoms with van der Waals surface area (Å²) in [6.45, 7) is 11.1. The van der Waals surface area contributed by atoms with Gasteiger partial charge in [0.2, 0.25) is 0 Å². The molecular weight excluding hydrogens is 472 g/mol. The predicted octanol–water partition coefficient (Wildman–Crippen LogP) is 3.51. The van der Waals surface area contributed by atoms with Gasteiger partial charge >= 0.3 is 0 Å². The molecule has 0 spiro atoms. The van der Waals surface area contributed by atoms with Crippen molar-refractivity contribution in [1.82, 2.24) is 9.80 Å². The lowest BCUT2D eigenvalue weighted by Crippen LogP contribution is -2.42. The summed E-state index contributed by atoms with van der Waals surface area (Å²) in [5.41, 5.74) is 2.39. The molecule has 37 heavy (non-hydrogen) atoms. The van der Waals surface area contributed by atoms with E-state index in [1.807, 2.05) is 24.3 Å². The van der Waals surface area contributed by atoms with Crippen LogP contribution in [0.5, 0.6) is 11.5 Å². The molecule has 3 heterocycles. The van der Waals surface area contributed by atoms with Crippen molar-refractivity contribution in [3.63, 3.8) is 0 Å². The topological polar surface area (TPSA) is 88.5 Å². The van der Waals surface area contributed by atoms with Crippen LogP contribution in [0.15, 0.2) is 48.0 Å². The van der Waals surface area contributed by atoms with Crippen molar-refractivity contribution in [2.45, 2.75) is 32.2 Å². The number of hydrogen-bond acceptors (Lipinski definition) is 7. The summed E-state index contributed by atoms with van der Waals surface area (Å²) in [7, 11) is 0. The molecule has 2 aromatic carbocycles. The zero-order valence-electron chi connectivity index (χ0n) is 21.7. The maximum Gasteiger partial charge on any atom is 0.295 e. The number of aliphatic hydroxyl groups is 1. The highest BCUT2D eigenvalue weighted by molar-refractivity contribution is 6.46. The highest BCUT2D eigenvalue weighted by Crippen LogP contribution is 2.41. The van der Waals surface area contributed by atoms with E-state index in [9.17, 15) is 14.7 Å². The Kier molecular flexibility index (Phi) is 6.96. The predicted molar refractivity (Wildman–Crippen MR) is 139 cm³/mol. The molecule has 5 rings (SSSR count). The summed E-state index contributed by atoms with van der Waals surface area (Å²) in [5, 5.41) is 11.4. The Morgan fingerprint density at radius 2 is 1.59 bits per heavy atom. The van der Waals surface area contributed by atoms with Crippen LogP contribution in [0.2, 0.25) is 0 Å². The van der Waals surface area contributed by atoms with Gasteiger partial charge in [0.1, 0.15) is 19.0 Å². The Bertz CT molecular complexity index is 1210. The lowest BCUT2D eigenvalue weighted by atomic mass is 9.85. The molecule has 1 atom stereocenters. The van der Waals surface area contributed by atoms with E-state index in [-0.39, 0.29) is 16.7 Å². The van der Waals surface area contributed by atoms with Gasteiger partial charge in [-0.15, -0.1) is 0 Å². The monoisotopic (exact) mass is 506 g/mol. The SMILES string of the molecule is CC(C)(C)c1ccc([C@@H]2C(=C(O)c3ccc4c(c3)OCCO4)C(=O)C(=O)N2CCN2CCOCC2)cc1. The lowest BCUT2D eigenvalue weighted by molar-refractivity contribution is -0.140. The minimum absolute atomic E-state index is 0.0398. The number of rotatable bonds is 5. The zero-order valence-corrected chi connectivity index (χ0v) is 21.7. The number of morpholine rings is 1. The first-order valence-corrected chi connectivity index (χ1v) is 12.8. The Morgan fingerprint density at radius 1 is 0.919 bits per heavy atom. The van der Waals surface area contributed by atoms with Gasteiger partial charge in [-0.1, -0.05) is 45.0 Å². The van der Waals surface area contributed by atoms with E-state index in [0.717, 1.165) is 24.2 Å². The van der Waals surface area contributed by atoms with Gasteiger partial charge in [-0.05, 0) is 34.7 Å². The molecule has 196 valence electrons. The van der Waals surface area contributed by atoms with Gasteiger partial charge in [0.25, 0.3) is 11.7 Å². The van der Waals surface area contributed by atoms with Crippen LogP contribution in [-0.4, -0.2) is 79.2 Å². The third-order valence-corrected chi connectivity index (χ3v) is 7.21. The number of aliphatic hydroxyl groups excluding tert-OH is 1. The molecule has 0 aliphatic carbocycles. The molecule has 2 fully saturated rings. The van der Waals surface area contributed by atoms with Crippen LogP contribution < -0.4 is 9.47 Å². The van der Waals surface area contributed by atoms with Crippen molar-refractivity contribution in [1.29, 1.82) is 0 Å². The van der Waals surface area contributed by atoms with Crippen molar-refractivity contribution in [3.05, 3.63) is 64.7 Å². The second-order valence-corrected chi connectivity index (χ2v) is 10.7. The lowest BCUT2D eigenvalue weighted by Gasteiger charge is -2.31. The van der Waals surface area contributed by atoms with Gasteiger partial charge in [-0.3, -0.25) is 14.5 Å². The first-order chi connectivity index (χ1) is 17.7. The first-order valence-electron chi connectivity index (χ1n) is 12.8. The summed E-state index contributed by atoms with van der Waals surface area (Å²) < 4.78 is 16.7. The number of hydrogen-bond donors (Lipinski definition) is 1. The highest BCUT2D eigenvalue weighted by atomic mass is 16.6. The number of fused-ring (bicyclic) bond motifs is 1. The van der Waals surface area contributed by atoms with Crippen LogP contribution in [0.1, 0.15) is 43.5 Å². The van der Waals surface area contributed by atoms with Gasteiger partial charge in [0, 0.05) is 31.7 Å². The van der Waals surface area contributed by atoms with Crippen LogP contribution in [0.4, 0.5) is 0 Å². The van der Waals surface area contributed by atoms with E-state index < -0.39 is 17.7 Å². The van der Waals surface area contributed by atoms with Gasteiger partial charge < -0.3 is 24.2 Å². The quantitative estimate of drug-likeness (QED) is 0.377. The molecule has 3 aliphatic heterocycles. The normalized spacial score (nSPS) is 21.9. The molecule has 1 N–H and O–H groups in total. The number of benzene rings is 2. The number of nitrogens with zero attached hydrogens (tertiary/aromatic N) is 2. The molecule has 8 heteroatoms. The van der Waals surface area contributed by atoms with Gasteiger partial charge in [0.15, 0.2) is 11.5 Å². The van der Waals surface area contributed by atoms with Gasteiger partial charge in [0.05, 0.1) is 24.8 Å². The third-order valence-electron chi connectivity index (χ3n) is 7.21. The van der Waals surface area contributed by atoms with Crippen LogP contribution in [-0.2, 0) is 19.7 Å². The smallest absolute Gasteiger partial charge is 0.295 e. The Labute approximate surface area is 217 Å². The van der Waals surface area contributed by atoms with E-state index in [2.05, 4.69) is 25.7 Å². The number of carbonyl (C=O) groups is 2. The molecule has 0 bridgehead atoms. The number of ether oxygens (including phenoxy) is 3. The minimum atomic E-state index is -0.691. The fourth-order valence-electron chi connectivity index (χ4n) is 5.04. The standard InChI is InChI=1S/C29H34N2O6/c1-29(2,3)21-7-4-19(5-8-21)25-24(26(32)20-6-9-22-23(18-20)37-17-16-36-22)27(33)28(34)31(25)11-10-30-12-14-35-15-13-30/h4-9,18,25,32H,10-17H2,1-3H3/t25-/m1/s1. The summed E-state index contributed by atoms with van der Waals surface area (Å²) >= 11 is 0. The summed E-state index contributed by atoms with van der Waals surface area (Å²) in [6.07, 6.45) is 0. The largest absolute Gasteiger partial charge is 0.507 e. The first kappa shape index (κ1) is 25.3. The van der Waals surface area contributed by atoms with Crippen LogP contribution in [0.25, 0.3) is 5.76 Å². The number of amides is 1. The average Bonchev–Trinajstić information content (AvgIpc) is 3.16. The Morgan fingerprint density at radius 3 is 2.27 bits per heavy atom. The maximum absolute atomic E-state index is 13.4. The minimum Gasteiger partial charge on any atom is -0.507 e. The van der Waals surface area contributed by atoms with E-state index in [1.165, 1.54) is 0 Å². The average molecular weight is 507 g/mol. The van der Waals surface area contributed by atoms with E-state index in [1.54, 1.807) is 23.1 Å². The molecule has 1 amide bonds. The fourth-order valence-corrected chi connectivity index (χ4v) is 5.04. The Balaban J connectivity index is 1.54. The van der Waals surface area contributed by atoms with Crippen LogP contribution in [0, 0.1) is 0 Å². The molecule has 8 nitrogen and oxygen atoms in total. The second kappa shape index (κ2) is 10.2. The fraction of sp³-hybridized carbons (Fsp3) is 0.448. The zero-order chi connectivity index (χ0) is 26.2. The molecule has 0 radical (unpaired) electrons. The Hall–Kier alpha value is -3.36.